The van der Waals surface area contributed by atoms with E-state index in [-0.39, 0.29) is 12.5 Å². The normalized spacial score (nSPS) is 11.9. The molecule has 0 radical (unpaired) electrons. The number of nitrogens with zero attached hydrogens (tertiary/aromatic N) is 1. The van der Waals surface area contributed by atoms with Gasteiger partial charge in [-0.3, -0.25) is 4.79 Å². The topological polar surface area (TPSA) is 54.3 Å². The fourth-order valence-corrected chi connectivity index (χ4v) is 3.02. The summed E-state index contributed by atoms with van der Waals surface area (Å²) in [7, 11) is 0. The fourth-order valence-electron chi connectivity index (χ4n) is 2.49. The number of rotatable bonds is 5. The Bertz CT molecular complexity index is 830. The molecule has 1 amide bonds. The number of carbonyl (C=O) groups excluding carboxylic acids is 1. The van der Waals surface area contributed by atoms with E-state index in [4.69, 9.17) is 0 Å². The van der Waals surface area contributed by atoms with Gasteiger partial charge in [-0.25, -0.2) is 0 Å². The fraction of sp³-hybridized carbons (Fsp3) is 0.105. The molecular weight excluding hydrogens is 415 g/mol. The Labute approximate surface area is 154 Å². The number of benzene rings is 2. The van der Waals surface area contributed by atoms with Gasteiger partial charge in [-0.1, -0.05) is 36.4 Å². The van der Waals surface area contributed by atoms with Gasteiger partial charge in [0.15, 0.2) is 0 Å². The number of aromatic nitrogens is 1. The van der Waals surface area contributed by atoms with Gasteiger partial charge in [0.1, 0.15) is 5.69 Å². The molecule has 0 aliphatic carbocycles. The molecule has 1 atom stereocenters. The highest BCUT2D eigenvalue weighted by Crippen LogP contribution is 2.16. The van der Waals surface area contributed by atoms with E-state index in [0.29, 0.717) is 5.69 Å². The van der Waals surface area contributed by atoms with Crippen LogP contribution in [0.2, 0.25) is 0 Å². The lowest BCUT2D eigenvalue weighted by Crippen LogP contribution is -2.29. The molecule has 0 aliphatic heterocycles. The van der Waals surface area contributed by atoms with E-state index >= 15 is 0 Å². The minimum absolute atomic E-state index is 0.167. The third kappa shape index (κ3) is 3.85. The van der Waals surface area contributed by atoms with E-state index < -0.39 is 6.10 Å². The SMILES string of the molecule is O=C(NCC(O)c1ccccc1)c1cccn1-c1cccc(I)c1. The number of halogens is 1. The second kappa shape index (κ2) is 7.63. The van der Waals surface area contributed by atoms with Gasteiger partial charge < -0.3 is 15.0 Å². The Morgan fingerprint density at radius 2 is 1.88 bits per heavy atom. The second-order valence-electron chi connectivity index (χ2n) is 5.38. The van der Waals surface area contributed by atoms with Crippen molar-refractivity contribution in [1.29, 1.82) is 0 Å². The highest BCUT2D eigenvalue weighted by molar-refractivity contribution is 14.1. The van der Waals surface area contributed by atoms with Gasteiger partial charge in [-0.2, -0.15) is 0 Å². The van der Waals surface area contributed by atoms with Crippen LogP contribution in [0.4, 0.5) is 0 Å². The molecule has 2 aromatic carbocycles. The van der Waals surface area contributed by atoms with Crippen LogP contribution in [0.25, 0.3) is 5.69 Å². The first kappa shape index (κ1) is 16.7. The van der Waals surface area contributed by atoms with Gasteiger partial charge in [0.2, 0.25) is 0 Å². The van der Waals surface area contributed by atoms with Gasteiger partial charge in [0.25, 0.3) is 5.91 Å². The van der Waals surface area contributed by atoms with Crippen molar-refractivity contribution in [2.75, 3.05) is 6.54 Å². The number of nitrogens with one attached hydrogen (secondary N) is 1. The van der Waals surface area contributed by atoms with E-state index in [1.54, 1.807) is 6.07 Å². The summed E-state index contributed by atoms with van der Waals surface area (Å²) in [6.45, 7) is 0.167. The number of hydrogen-bond acceptors (Lipinski definition) is 2. The first-order valence-electron chi connectivity index (χ1n) is 7.59. The maximum absolute atomic E-state index is 12.5. The monoisotopic (exact) mass is 432 g/mol. The van der Waals surface area contributed by atoms with E-state index in [2.05, 4.69) is 27.9 Å². The van der Waals surface area contributed by atoms with Gasteiger partial charge in [-0.05, 0) is 58.5 Å². The van der Waals surface area contributed by atoms with Gasteiger partial charge in [0, 0.05) is 22.0 Å². The number of amides is 1. The lowest BCUT2D eigenvalue weighted by molar-refractivity contribution is 0.0909. The summed E-state index contributed by atoms with van der Waals surface area (Å²) in [6, 6.07) is 20.8. The zero-order chi connectivity index (χ0) is 16.9. The lowest BCUT2D eigenvalue weighted by Gasteiger charge is -2.14. The van der Waals surface area contributed by atoms with Crippen LogP contribution in [0.3, 0.4) is 0 Å². The first-order chi connectivity index (χ1) is 11.6. The molecule has 1 unspecified atom stereocenters. The van der Waals surface area contributed by atoms with Crippen molar-refractivity contribution < 1.29 is 9.90 Å². The molecule has 24 heavy (non-hydrogen) atoms. The summed E-state index contributed by atoms with van der Waals surface area (Å²) in [5, 5.41) is 13.0. The van der Waals surface area contributed by atoms with Crippen LogP contribution in [0.5, 0.6) is 0 Å². The third-order valence-electron chi connectivity index (χ3n) is 3.71. The van der Waals surface area contributed by atoms with Gasteiger partial charge in [-0.15, -0.1) is 0 Å². The molecule has 0 fully saturated rings. The number of aliphatic hydroxyl groups is 1. The van der Waals surface area contributed by atoms with E-state index in [1.165, 1.54) is 0 Å². The maximum Gasteiger partial charge on any atom is 0.268 e. The van der Waals surface area contributed by atoms with E-state index in [0.717, 1.165) is 14.8 Å². The van der Waals surface area contributed by atoms with Crippen molar-refractivity contribution in [2.24, 2.45) is 0 Å². The molecule has 4 nitrogen and oxygen atoms in total. The van der Waals surface area contributed by atoms with E-state index in [9.17, 15) is 9.90 Å². The Balaban J connectivity index is 1.71. The van der Waals surface area contributed by atoms with Crippen LogP contribution >= 0.6 is 22.6 Å². The summed E-state index contributed by atoms with van der Waals surface area (Å²) in [5.74, 6) is -0.214. The summed E-state index contributed by atoms with van der Waals surface area (Å²) >= 11 is 2.24. The van der Waals surface area contributed by atoms with Gasteiger partial charge in [0.05, 0.1) is 6.10 Å². The van der Waals surface area contributed by atoms with Crippen LogP contribution < -0.4 is 5.32 Å². The molecule has 5 heteroatoms. The van der Waals surface area contributed by atoms with Crippen molar-refractivity contribution in [1.82, 2.24) is 9.88 Å². The average molecular weight is 432 g/mol. The molecule has 0 aliphatic rings. The molecule has 2 N–H and O–H groups in total. The Morgan fingerprint density at radius 1 is 1.08 bits per heavy atom. The largest absolute Gasteiger partial charge is 0.387 e. The molecule has 1 aromatic heterocycles. The first-order valence-corrected chi connectivity index (χ1v) is 8.67. The summed E-state index contributed by atoms with van der Waals surface area (Å²) in [4.78, 5) is 12.5. The quantitative estimate of drug-likeness (QED) is 0.607. The van der Waals surface area contributed by atoms with Crippen molar-refractivity contribution in [3.63, 3.8) is 0 Å². The predicted molar refractivity (Wildman–Crippen MR) is 102 cm³/mol. The molecular formula is C19H17IN2O2. The molecule has 0 spiro atoms. The average Bonchev–Trinajstić information content (AvgIpc) is 3.10. The molecule has 0 saturated heterocycles. The zero-order valence-corrected chi connectivity index (χ0v) is 15.1. The van der Waals surface area contributed by atoms with E-state index in [1.807, 2.05) is 71.4 Å². The van der Waals surface area contributed by atoms with Crippen LogP contribution in [-0.2, 0) is 0 Å². The highest BCUT2D eigenvalue weighted by Gasteiger charge is 2.14. The minimum atomic E-state index is -0.726. The van der Waals surface area contributed by atoms with Gasteiger partial charge >= 0.3 is 0 Å². The third-order valence-corrected chi connectivity index (χ3v) is 4.38. The summed E-state index contributed by atoms with van der Waals surface area (Å²) in [5.41, 5.74) is 2.25. The van der Waals surface area contributed by atoms with Crippen LogP contribution in [0.1, 0.15) is 22.2 Å². The predicted octanol–water partition coefficient (Wildman–Crippen LogP) is 3.55. The zero-order valence-electron chi connectivity index (χ0n) is 12.9. The second-order valence-corrected chi connectivity index (χ2v) is 6.63. The number of hydrogen-bond donors (Lipinski definition) is 2. The smallest absolute Gasteiger partial charge is 0.268 e. The summed E-state index contributed by atoms with van der Waals surface area (Å²) in [6.07, 6.45) is 1.13. The number of carbonyl (C=O) groups is 1. The highest BCUT2D eigenvalue weighted by atomic mass is 127. The van der Waals surface area contributed by atoms with Crippen LogP contribution in [-0.4, -0.2) is 22.1 Å². The van der Waals surface area contributed by atoms with Crippen molar-refractivity contribution in [3.8, 4) is 5.69 Å². The Hall–Kier alpha value is -2.12. The molecule has 3 rings (SSSR count). The number of aliphatic hydroxyl groups excluding tert-OH is 1. The Kier molecular flexibility index (Phi) is 5.32. The maximum atomic E-state index is 12.5. The minimum Gasteiger partial charge on any atom is -0.387 e. The van der Waals surface area contributed by atoms with Crippen molar-refractivity contribution in [3.05, 3.63) is 87.8 Å². The Morgan fingerprint density at radius 3 is 2.62 bits per heavy atom. The molecule has 3 aromatic rings. The molecule has 0 bridgehead atoms. The summed E-state index contributed by atoms with van der Waals surface area (Å²) < 4.78 is 2.94. The van der Waals surface area contributed by atoms with Crippen molar-refractivity contribution >= 4 is 28.5 Å². The van der Waals surface area contributed by atoms with Crippen molar-refractivity contribution in [2.45, 2.75) is 6.10 Å². The van der Waals surface area contributed by atoms with Crippen LogP contribution in [0.15, 0.2) is 72.9 Å². The molecule has 122 valence electrons. The molecule has 1 heterocycles. The lowest BCUT2D eigenvalue weighted by atomic mass is 10.1. The standard InChI is InChI=1S/C19H17IN2O2/c20-15-8-4-9-16(12-15)22-11-5-10-17(22)19(24)21-13-18(23)14-6-2-1-3-7-14/h1-12,18,23H,13H2,(H,21,24). The molecule has 0 saturated carbocycles. The van der Waals surface area contributed by atoms with Crippen LogP contribution in [0, 0.1) is 3.57 Å².